The lowest BCUT2D eigenvalue weighted by Crippen LogP contribution is -2.42. The van der Waals surface area contributed by atoms with Crippen molar-refractivity contribution >= 4 is 22.0 Å². The maximum atomic E-state index is 12.1. The number of benzene rings is 1. The molecule has 1 unspecified atom stereocenters. The van der Waals surface area contributed by atoms with Gasteiger partial charge in [-0.25, -0.2) is 4.79 Å². The Morgan fingerprint density at radius 2 is 2.10 bits per heavy atom. The molecule has 21 heavy (non-hydrogen) atoms. The average Bonchev–Trinajstić information content (AvgIpc) is 2.84. The van der Waals surface area contributed by atoms with Crippen LogP contribution in [0.2, 0.25) is 0 Å². The van der Waals surface area contributed by atoms with Crippen LogP contribution in [0.4, 0.5) is 4.79 Å². The lowest BCUT2D eigenvalue weighted by atomic mass is 10.2. The Kier molecular flexibility index (Phi) is 4.93. The highest BCUT2D eigenvalue weighted by Gasteiger charge is 2.29. The van der Waals surface area contributed by atoms with E-state index in [2.05, 4.69) is 15.9 Å². The van der Waals surface area contributed by atoms with Gasteiger partial charge in [0.1, 0.15) is 18.0 Å². The smallest absolute Gasteiger partial charge is 0.411 e. The summed E-state index contributed by atoms with van der Waals surface area (Å²) in [5, 5.41) is 0. The average molecular weight is 354 g/mol. The lowest BCUT2D eigenvalue weighted by molar-refractivity contribution is 0.0208. The Balaban J connectivity index is 1.95. The Bertz CT molecular complexity index is 537. The summed E-state index contributed by atoms with van der Waals surface area (Å²) in [6.07, 6.45) is 3.62. The fourth-order valence-electron chi connectivity index (χ4n) is 1.98. The van der Waals surface area contributed by atoms with E-state index in [1.807, 2.05) is 57.2 Å². The van der Waals surface area contributed by atoms with Gasteiger partial charge in [0.05, 0.1) is 10.5 Å². The van der Waals surface area contributed by atoms with E-state index in [9.17, 15) is 4.79 Å². The number of amides is 1. The number of carbonyl (C=O) groups is 1. The molecule has 2 rings (SSSR count). The molecule has 0 spiro atoms. The highest BCUT2D eigenvalue weighted by atomic mass is 79.9. The molecule has 1 aliphatic heterocycles. The molecule has 0 radical (unpaired) electrons. The van der Waals surface area contributed by atoms with E-state index in [1.165, 1.54) is 0 Å². The molecule has 0 aromatic heterocycles. The third kappa shape index (κ3) is 4.49. The van der Waals surface area contributed by atoms with Crippen LogP contribution >= 0.6 is 15.9 Å². The van der Waals surface area contributed by atoms with Gasteiger partial charge in [0.15, 0.2) is 0 Å². The van der Waals surface area contributed by atoms with Crippen molar-refractivity contribution in [1.29, 1.82) is 0 Å². The molecular formula is C16H20BrNO3. The summed E-state index contributed by atoms with van der Waals surface area (Å²) in [7, 11) is 0. The zero-order valence-corrected chi connectivity index (χ0v) is 14.1. The van der Waals surface area contributed by atoms with Crippen molar-refractivity contribution in [2.24, 2.45) is 0 Å². The van der Waals surface area contributed by atoms with E-state index in [1.54, 1.807) is 4.90 Å². The van der Waals surface area contributed by atoms with E-state index < -0.39 is 5.60 Å². The van der Waals surface area contributed by atoms with Crippen molar-refractivity contribution in [1.82, 2.24) is 4.90 Å². The van der Waals surface area contributed by atoms with Gasteiger partial charge >= 0.3 is 6.09 Å². The fraction of sp³-hybridized carbons (Fsp3) is 0.438. The first-order valence-electron chi connectivity index (χ1n) is 6.90. The number of hydrogen-bond acceptors (Lipinski definition) is 3. The minimum absolute atomic E-state index is 0.105. The van der Waals surface area contributed by atoms with Crippen molar-refractivity contribution in [3.8, 4) is 5.75 Å². The van der Waals surface area contributed by atoms with Crippen molar-refractivity contribution in [2.75, 3.05) is 13.2 Å². The molecular weight excluding hydrogens is 334 g/mol. The molecule has 1 aromatic rings. The second-order valence-electron chi connectivity index (χ2n) is 5.87. The quantitative estimate of drug-likeness (QED) is 0.770. The van der Waals surface area contributed by atoms with Gasteiger partial charge in [0.2, 0.25) is 0 Å². The molecule has 114 valence electrons. The van der Waals surface area contributed by atoms with Crippen LogP contribution in [-0.2, 0) is 4.74 Å². The zero-order valence-electron chi connectivity index (χ0n) is 12.5. The van der Waals surface area contributed by atoms with Crippen LogP contribution in [0, 0.1) is 0 Å². The SMILES string of the molecule is CC(C)(C)OC(=O)N1CC=CC1COc1ccccc1Br. The second-order valence-corrected chi connectivity index (χ2v) is 6.72. The number of nitrogens with zero attached hydrogens (tertiary/aromatic N) is 1. The largest absolute Gasteiger partial charge is 0.490 e. The molecule has 1 atom stereocenters. The molecule has 5 heteroatoms. The summed E-state index contributed by atoms with van der Waals surface area (Å²) in [4.78, 5) is 13.8. The Morgan fingerprint density at radius 1 is 1.38 bits per heavy atom. The van der Waals surface area contributed by atoms with Gasteiger partial charge in [-0.05, 0) is 48.8 Å². The molecule has 0 bridgehead atoms. The Morgan fingerprint density at radius 3 is 2.76 bits per heavy atom. The van der Waals surface area contributed by atoms with E-state index >= 15 is 0 Å². The van der Waals surface area contributed by atoms with Crippen molar-refractivity contribution < 1.29 is 14.3 Å². The third-order valence-corrected chi connectivity index (χ3v) is 3.59. The Hall–Kier alpha value is -1.49. The number of hydrogen-bond donors (Lipinski definition) is 0. The van der Waals surface area contributed by atoms with Crippen LogP contribution in [0.25, 0.3) is 0 Å². The highest BCUT2D eigenvalue weighted by molar-refractivity contribution is 9.10. The number of carbonyl (C=O) groups excluding carboxylic acids is 1. The maximum absolute atomic E-state index is 12.1. The van der Waals surface area contributed by atoms with Gasteiger partial charge in [-0.3, -0.25) is 4.90 Å². The molecule has 4 nitrogen and oxygen atoms in total. The molecule has 0 N–H and O–H groups in total. The number of halogens is 1. The van der Waals surface area contributed by atoms with Crippen LogP contribution in [0.1, 0.15) is 20.8 Å². The van der Waals surface area contributed by atoms with Gasteiger partial charge in [0.25, 0.3) is 0 Å². The molecule has 0 saturated carbocycles. The minimum atomic E-state index is -0.493. The molecule has 0 fully saturated rings. The summed E-state index contributed by atoms with van der Waals surface area (Å²) in [5.74, 6) is 0.766. The summed E-state index contributed by atoms with van der Waals surface area (Å²) in [6.45, 7) is 6.54. The predicted octanol–water partition coefficient (Wildman–Crippen LogP) is 4.00. The van der Waals surface area contributed by atoms with Crippen LogP contribution in [0.3, 0.4) is 0 Å². The molecule has 0 saturated heterocycles. The molecule has 1 amide bonds. The topological polar surface area (TPSA) is 38.8 Å². The first-order valence-corrected chi connectivity index (χ1v) is 7.70. The predicted molar refractivity (Wildman–Crippen MR) is 85.5 cm³/mol. The Labute approximate surface area is 133 Å². The summed E-state index contributed by atoms with van der Waals surface area (Å²) >= 11 is 3.44. The fourth-order valence-corrected chi connectivity index (χ4v) is 2.38. The van der Waals surface area contributed by atoms with Crippen LogP contribution < -0.4 is 4.74 Å². The van der Waals surface area contributed by atoms with Crippen LogP contribution in [0.15, 0.2) is 40.9 Å². The molecule has 1 aliphatic rings. The van der Waals surface area contributed by atoms with Gasteiger partial charge in [-0.1, -0.05) is 24.3 Å². The maximum Gasteiger partial charge on any atom is 0.411 e. The number of rotatable bonds is 3. The van der Waals surface area contributed by atoms with Gasteiger partial charge in [0, 0.05) is 6.54 Å². The van der Waals surface area contributed by atoms with Gasteiger partial charge < -0.3 is 9.47 Å². The van der Waals surface area contributed by atoms with Crippen LogP contribution in [-0.4, -0.2) is 35.8 Å². The highest BCUT2D eigenvalue weighted by Crippen LogP contribution is 2.25. The van der Waals surface area contributed by atoms with E-state index in [4.69, 9.17) is 9.47 Å². The minimum Gasteiger partial charge on any atom is -0.490 e. The van der Waals surface area contributed by atoms with Gasteiger partial charge in [-0.2, -0.15) is 0 Å². The summed E-state index contributed by atoms with van der Waals surface area (Å²) in [6, 6.07) is 7.55. The van der Waals surface area contributed by atoms with E-state index in [0.717, 1.165) is 10.2 Å². The normalized spacial score (nSPS) is 17.9. The van der Waals surface area contributed by atoms with Gasteiger partial charge in [-0.15, -0.1) is 0 Å². The van der Waals surface area contributed by atoms with Crippen molar-refractivity contribution in [3.05, 3.63) is 40.9 Å². The molecule has 1 aromatic carbocycles. The molecule has 0 aliphatic carbocycles. The number of ether oxygens (including phenoxy) is 2. The van der Waals surface area contributed by atoms with Crippen molar-refractivity contribution in [2.45, 2.75) is 32.4 Å². The first-order chi connectivity index (χ1) is 9.87. The molecule has 1 heterocycles. The summed E-state index contributed by atoms with van der Waals surface area (Å²) < 4.78 is 12.1. The zero-order chi connectivity index (χ0) is 15.5. The van der Waals surface area contributed by atoms with E-state index in [0.29, 0.717) is 13.2 Å². The summed E-state index contributed by atoms with van der Waals surface area (Å²) in [5.41, 5.74) is -0.493. The standard InChI is InChI=1S/C16H20BrNO3/c1-16(2,3)21-15(19)18-10-6-7-12(18)11-20-14-9-5-4-8-13(14)17/h4-9,12H,10-11H2,1-3H3. The van der Waals surface area contributed by atoms with E-state index in [-0.39, 0.29) is 12.1 Å². The number of para-hydroxylation sites is 1. The second kappa shape index (κ2) is 6.52. The van der Waals surface area contributed by atoms with Crippen molar-refractivity contribution in [3.63, 3.8) is 0 Å². The third-order valence-electron chi connectivity index (χ3n) is 2.93. The van der Waals surface area contributed by atoms with Crippen LogP contribution in [0.5, 0.6) is 5.75 Å². The monoisotopic (exact) mass is 353 g/mol. The first kappa shape index (κ1) is 15.9. The lowest BCUT2D eigenvalue weighted by Gasteiger charge is -2.28.